The summed E-state index contributed by atoms with van der Waals surface area (Å²) in [6, 6.07) is 10.6. The lowest BCUT2D eigenvalue weighted by Crippen LogP contribution is -2.31. The van der Waals surface area contributed by atoms with E-state index in [0.29, 0.717) is 0 Å². The predicted molar refractivity (Wildman–Crippen MR) is 94.6 cm³/mol. The van der Waals surface area contributed by atoms with Crippen molar-refractivity contribution in [1.82, 2.24) is 9.55 Å². The van der Waals surface area contributed by atoms with E-state index < -0.39 is 23.4 Å². The van der Waals surface area contributed by atoms with Crippen LogP contribution in [-0.4, -0.2) is 27.2 Å². The highest BCUT2D eigenvalue weighted by atomic mass is 16.6. The van der Waals surface area contributed by atoms with E-state index in [1.54, 1.807) is 20.8 Å². The molecule has 1 N–H and O–H groups in total. The van der Waals surface area contributed by atoms with Crippen molar-refractivity contribution in [3.63, 3.8) is 0 Å². The van der Waals surface area contributed by atoms with E-state index in [1.807, 2.05) is 30.3 Å². The fraction of sp³-hybridized carbons (Fsp3) is 0.333. The number of carbonyl (C=O) groups excluding carboxylic acids is 2. The molecule has 0 unspecified atom stereocenters. The normalized spacial score (nSPS) is 10.9. The Labute approximate surface area is 150 Å². The van der Waals surface area contributed by atoms with Crippen molar-refractivity contribution in [2.24, 2.45) is 0 Å². The van der Waals surface area contributed by atoms with Crippen LogP contribution in [0.15, 0.2) is 47.4 Å². The predicted octanol–water partition coefficient (Wildman–Crippen LogP) is 2.33. The van der Waals surface area contributed by atoms with Crippen molar-refractivity contribution in [2.75, 3.05) is 5.32 Å². The van der Waals surface area contributed by atoms with Crippen molar-refractivity contribution in [3.05, 3.63) is 58.6 Å². The third-order valence-electron chi connectivity index (χ3n) is 3.04. The molecule has 2 rings (SSSR count). The largest absolute Gasteiger partial charge is 0.459 e. The molecular formula is C18H21N3O5. The average Bonchev–Trinajstić information content (AvgIpc) is 2.55. The zero-order valence-electron chi connectivity index (χ0n) is 14.9. The first kappa shape index (κ1) is 19.2. The molecule has 2 aromatic rings. The highest BCUT2D eigenvalue weighted by molar-refractivity contribution is 5.83. The summed E-state index contributed by atoms with van der Waals surface area (Å²) in [5, 5.41) is 2.37. The number of ether oxygens (including phenoxy) is 2. The maximum atomic E-state index is 12.0. The molecule has 0 atom stereocenters. The van der Waals surface area contributed by atoms with Crippen molar-refractivity contribution in [2.45, 2.75) is 39.5 Å². The van der Waals surface area contributed by atoms with E-state index in [2.05, 4.69) is 10.3 Å². The second-order valence-electron chi connectivity index (χ2n) is 6.50. The highest BCUT2D eigenvalue weighted by Gasteiger charge is 2.17. The van der Waals surface area contributed by atoms with Crippen molar-refractivity contribution in [3.8, 4) is 0 Å². The van der Waals surface area contributed by atoms with Gasteiger partial charge in [-0.1, -0.05) is 30.3 Å². The molecule has 0 spiro atoms. The monoisotopic (exact) mass is 359 g/mol. The third kappa shape index (κ3) is 6.39. The molecule has 0 fully saturated rings. The molecule has 0 bridgehead atoms. The Morgan fingerprint density at radius 3 is 2.46 bits per heavy atom. The summed E-state index contributed by atoms with van der Waals surface area (Å²) < 4.78 is 11.3. The molecular weight excluding hydrogens is 338 g/mol. The summed E-state index contributed by atoms with van der Waals surface area (Å²) in [5.74, 6) is -0.516. The molecule has 8 heteroatoms. The first-order valence-electron chi connectivity index (χ1n) is 8.00. The van der Waals surface area contributed by atoms with Gasteiger partial charge in [0.05, 0.1) is 0 Å². The molecule has 1 amide bonds. The topological polar surface area (TPSA) is 99.5 Å². The van der Waals surface area contributed by atoms with Crippen LogP contribution in [0.5, 0.6) is 0 Å². The summed E-state index contributed by atoms with van der Waals surface area (Å²) in [6.07, 6.45) is 0.622. The Morgan fingerprint density at radius 2 is 1.85 bits per heavy atom. The zero-order valence-corrected chi connectivity index (χ0v) is 14.9. The molecule has 0 saturated heterocycles. The van der Waals surface area contributed by atoms with Gasteiger partial charge in [-0.25, -0.2) is 9.59 Å². The SMILES string of the molecule is CC(C)(C)OC(=O)Cn1ccc(NC(=O)OCc2ccccc2)nc1=O. The number of amides is 1. The maximum absolute atomic E-state index is 12.0. The van der Waals surface area contributed by atoms with Gasteiger partial charge in [-0.05, 0) is 32.4 Å². The van der Waals surface area contributed by atoms with Crippen LogP contribution in [0.4, 0.5) is 10.6 Å². The number of aromatic nitrogens is 2. The van der Waals surface area contributed by atoms with Crippen LogP contribution in [0.3, 0.4) is 0 Å². The number of carbonyl (C=O) groups is 2. The molecule has 26 heavy (non-hydrogen) atoms. The van der Waals surface area contributed by atoms with Crippen LogP contribution in [0.25, 0.3) is 0 Å². The van der Waals surface area contributed by atoms with Gasteiger partial charge in [-0.2, -0.15) is 4.98 Å². The Hall–Kier alpha value is -3.16. The Balaban J connectivity index is 1.91. The molecule has 1 aromatic heterocycles. The number of hydrogen-bond donors (Lipinski definition) is 1. The van der Waals surface area contributed by atoms with E-state index in [-0.39, 0.29) is 19.0 Å². The van der Waals surface area contributed by atoms with Gasteiger partial charge in [-0.15, -0.1) is 0 Å². The summed E-state index contributed by atoms with van der Waals surface area (Å²) in [6.45, 7) is 5.05. The molecule has 8 nitrogen and oxygen atoms in total. The Morgan fingerprint density at radius 1 is 1.15 bits per heavy atom. The van der Waals surface area contributed by atoms with Gasteiger partial charge >= 0.3 is 17.8 Å². The average molecular weight is 359 g/mol. The van der Waals surface area contributed by atoms with Gasteiger partial charge in [0.1, 0.15) is 24.6 Å². The lowest BCUT2D eigenvalue weighted by atomic mass is 10.2. The standard InChI is InChI=1S/C18H21N3O5/c1-18(2,3)26-15(22)11-21-10-9-14(19-16(21)23)20-17(24)25-12-13-7-5-4-6-8-13/h4-10H,11-12H2,1-3H3,(H,19,20,23,24). The number of rotatable bonds is 5. The lowest BCUT2D eigenvalue weighted by Gasteiger charge is -2.19. The number of nitrogens with one attached hydrogen (secondary N) is 1. The molecule has 1 heterocycles. The molecule has 0 saturated carbocycles. The Kier molecular flexibility index (Phi) is 6.11. The minimum Gasteiger partial charge on any atom is -0.459 e. The molecule has 1 aromatic carbocycles. The number of nitrogens with zero attached hydrogens (tertiary/aromatic N) is 2. The number of hydrogen-bond acceptors (Lipinski definition) is 6. The first-order chi connectivity index (χ1) is 12.2. The van der Waals surface area contributed by atoms with E-state index in [1.165, 1.54) is 12.3 Å². The second kappa shape index (κ2) is 8.28. The maximum Gasteiger partial charge on any atom is 0.413 e. The van der Waals surface area contributed by atoms with Crippen LogP contribution >= 0.6 is 0 Å². The van der Waals surface area contributed by atoms with Gasteiger partial charge in [-0.3, -0.25) is 14.7 Å². The van der Waals surface area contributed by atoms with Gasteiger partial charge in [0.15, 0.2) is 0 Å². The van der Waals surface area contributed by atoms with Crippen LogP contribution < -0.4 is 11.0 Å². The van der Waals surface area contributed by atoms with Gasteiger partial charge in [0.25, 0.3) is 0 Å². The number of esters is 1. The van der Waals surface area contributed by atoms with Crippen molar-refractivity contribution < 1.29 is 19.1 Å². The Bertz CT molecular complexity index is 825. The summed E-state index contributed by atoms with van der Waals surface area (Å²) in [7, 11) is 0. The van der Waals surface area contributed by atoms with Crippen LogP contribution in [0.2, 0.25) is 0 Å². The van der Waals surface area contributed by atoms with Gasteiger partial charge in [0, 0.05) is 6.20 Å². The lowest BCUT2D eigenvalue weighted by molar-refractivity contribution is -0.155. The van der Waals surface area contributed by atoms with Gasteiger partial charge < -0.3 is 9.47 Å². The van der Waals surface area contributed by atoms with E-state index in [9.17, 15) is 14.4 Å². The van der Waals surface area contributed by atoms with Crippen molar-refractivity contribution >= 4 is 17.9 Å². The van der Waals surface area contributed by atoms with Crippen LogP contribution in [-0.2, 0) is 27.4 Å². The molecule has 0 aliphatic carbocycles. The van der Waals surface area contributed by atoms with Crippen molar-refractivity contribution in [1.29, 1.82) is 0 Å². The van der Waals surface area contributed by atoms with E-state index in [0.717, 1.165) is 10.1 Å². The summed E-state index contributed by atoms with van der Waals surface area (Å²) in [4.78, 5) is 39.2. The first-order valence-corrected chi connectivity index (χ1v) is 8.00. The molecule has 138 valence electrons. The van der Waals surface area contributed by atoms with E-state index in [4.69, 9.17) is 9.47 Å². The molecule has 0 aliphatic heterocycles. The summed E-state index contributed by atoms with van der Waals surface area (Å²) in [5.41, 5.74) is -0.488. The smallest absolute Gasteiger partial charge is 0.413 e. The number of benzene rings is 1. The number of anilines is 1. The minimum atomic E-state index is -0.731. The minimum absolute atomic E-state index is 0.0356. The molecule has 0 radical (unpaired) electrons. The van der Waals surface area contributed by atoms with Crippen LogP contribution in [0.1, 0.15) is 26.3 Å². The zero-order chi connectivity index (χ0) is 19.2. The quantitative estimate of drug-likeness (QED) is 0.823. The fourth-order valence-electron chi connectivity index (χ4n) is 2.00. The summed E-state index contributed by atoms with van der Waals surface area (Å²) >= 11 is 0. The van der Waals surface area contributed by atoms with Crippen LogP contribution in [0, 0.1) is 0 Å². The van der Waals surface area contributed by atoms with E-state index >= 15 is 0 Å². The second-order valence-corrected chi connectivity index (χ2v) is 6.50. The third-order valence-corrected chi connectivity index (χ3v) is 3.04. The van der Waals surface area contributed by atoms with Gasteiger partial charge in [0.2, 0.25) is 0 Å². The highest BCUT2D eigenvalue weighted by Crippen LogP contribution is 2.08. The molecule has 0 aliphatic rings. The fourth-order valence-corrected chi connectivity index (χ4v) is 2.00.